The van der Waals surface area contributed by atoms with Crippen LogP contribution in [0.4, 0.5) is 15.3 Å². The maximum absolute atomic E-state index is 14.4. The minimum atomic E-state index is -1.15. The summed E-state index contributed by atoms with van der Waals surface area (Å²) >= 11 is 0. The number of aromatic nitrogens is 1. The van der Waals surface area contributed by atoms with Crippen LogP contribution in [-0.4, -0.2) is 87.1 Å². The average molecular weight is 807 g/mol. The normalized spacial score (nSPS) is 25.4. The number of amides is 5. The first-order chi connectivity index (χ1) is 29.1. The number of carbonyl (C=O) groups excluding carboxylic acids is 6. The molecule has 10 rings (SSSR count). The second-order valence-corrected chi connectivity index (χ2v) is 16.2. The summed E-state index contributed by atoms with van der Waals surface area (Å²) in [5.74, 6) is -1.02. The summed E-state index contributed by atoms with van der Waals surface area (Å²) in [4.78, 5) is 88.1. The Hall–Kier alpha value is -6.96. The second kappa shape index (κ2) is 14.4. The van der Waals surface area contributed by atoms with Gasteiger partial charge in [-0.05, 0) is 66.1 Å². The van der Waals surface area contributed by atoms with Crippen molar-refractivity contribution in [1.29, 1.82) is 0 Å². The molecule has 0 saturated carbocycles. The maximum Gasteiger partial charge on any atom is 0.418 e. The average Bonchev–Trinajstić information content (AvgIpc) is 4.05. The van der Waals surface area contributed by atoms with Crippen molar-refractivity contribution in [3.05, 3.63) is 137 Å². The molecule has 5 aliphatic rings. The van der Waals surface area contributed by atoms with Crippen molar-refractivity contribution in [2.24, 2.45) is 0 Å². The molecule has 4 fully saturated rings. The molecule has 60 heavy (non-hydrogen) atoms. The standard InChI is InChI=1S/C46H42N6O8/c1-27-41(55)51-38(40(54)47-27)23-46(33-15-8-9-16-35(33)52(43(46)51)45(58)60-26-29-13-6-3-7-14-29)31-18-19-32-30(21-34-42(56)49-20-10-17-36(49)39(53)48-34)24-50(37(32)22-31)44(57)59-25-28-11-4-2-5-12-28/h2-9,11-16,18-19,22,24,27,34,36,38,43H,10,17,20-21,23,25-26H2,1H3,(H,47,54)(H,48,53)/t27-,34-,36-,38-,43-,46-/m0/s1. The molecule has 1 aromatic heterocycles. The number of nitrogens with one attached hydrogen (secondary N) is 2. The Labute approximate surface area is 345 Å². The van der Waals surface area contributed by atoms with E-state index in [0.717, 1.165) is 17.5 Å². The number of nitrogens with zero attached hydrogens (tertiary/aromatic N) is 4. The first-order valence-corrected chi connectivity index (χ1v) is 20.3. The minimum Gasteiger partial charge on any atom is -0.444 e. The van der Waals surface area contributed by atoms with E-state index in [-0.39, 0.29) is 49.7 Å². The van der Waals surface area contributed by atoms with Gasteiger partial charge in [0.15, 0.2) is 0 Å². The molecule has 4 aromatic carbocycles. The largest absolute Gasteiger partial charge is 0.444 e. The number of hydrogen-bond acceptors (Lipinski definition) is 8. The van der Waals surface area contributed by atoms with Crippen molar-refractivity contribution in [3.8, 4) is 0 Å². The number of benzene rings is 4. The Morgan fingerprint density at radius 2 is 1.43 bits per heavy atom. The number of para-hydroxylation sites is 1. The van der Waals surface area contributed by atoms with Gasteiger partial charge >= 0.3 is 12.2 Å². The van der Waals surface area contributed by atoms with Crippen LogP contribution in [0, 0.1) is 0 Å². The van der Waals surface area contributed by atoms with E-state index in [1.165, 1.54) is 14.4 Å². The lowest BCUT2D eigenvalue weighted by Crippen LogP contribution is -2.65. The van der Waals surface area contributed by atoms with E-state index in [1.807, 2.05) is 103 Å². The zero-order valence-electron chi connectivity index (χ0n) is 32.8. The van der Waals surface area contributed by atoms with Gasteiger partial charge in [-0.15, -0.1) is 0 Å². The predicted octanol–water partition coefficient (Wildman–Crippen LogP) is 4.75. The third-order valence-electron chi connectivity index (χ3n) is 12.8. The molecule has 0 bridgehead atoms. The monoisotopic (exact) mass is 806 g/mol. The fraction of sp³-hybridized carbons (Fsp3) is 0.304. The third kappa shape index (κ3) is 5.83. The summed E-state index contributed by atoms with van der Waals surface area (Å²) in [6.07, 6.45) is 0.951. The van der Waals surface area contributed by atoms with Gasteiger partial charge in [-0.2, -0.15) is 0 Å². The Kier molecular flexibility index (Phi) is 8.95. The van der Waals surface area contributed by atoms with E-state index in [1.54, 1.807) is 18.0 Å². The van der Waals surface area contributed by atoms with Crippen LogP contribution in [-0.2, 0) is 53.7 Å². The van der Waals surface area contributed by atoms with Gasteiger partial charge in [0.2, 0.25) is 23.6 Å². The van der Waals surface area contributed by atoms with Crippen LogP contribution in [0.15, 0.2) is 109 Å². The zero-order chi connectivity index (χ0) is 41.3. The summed E-state index contributed by atoms with van der Waals surface area (Å²) in [5, 5.41) is 6.40. The van der Waals surface area contributed by atoms with E-state index in [9.17, 15) is 28.8 Å². The molecule has 4 saturated heterocycles. The predicted molar refractivity (Wildman–Crippen MR) is 217 cm³/mol. The number of rotatable bonds is 7. The molecule has 0 spiro atoms. The highest BCUT2D eigenvalue weighted by molar-refractivity contribution is 6.03. The van der Waals surface area contributed by atoms with Crippen LogP contribution in [0.5, 0.6) is 0 Å². The molecule has 2 N–H and O–H groups in total. The lowest BCUT2D eigenvalue weighted by atomic mass is 9.72. The molecule has 0 unspecified atom stereocenters. The number of anilines is 1. The van der Waals surface area contributed by atoms with Gasteiger partial charge < -0.3 is 29.9 Å². The molecule has 5 aromatic rings. The van der Waals surface area contributed by atoms with Crippen molar-refractivity contribution in [2.75, 3.05) is 11.4 Å². The highest BCUT2D eigenvalue weighted by atomic mass is 16.6. The van der Waals surface area contributed by atoms with Crippen LogP contribution in [0.25, 0.3) is 10.9 Å². The van der Waals surface area contributed by atoms with Crippen molar-refractivity contribution in [3.63, 3.8) is 0 Å². The maximum atomic E-state index is 14.4. The lowest BCUT2D eigenvalue weighted by molar-refractivity contribution is -0.148. The molecule has 0 aliphatic carbocycles. The number of ether oxygens (including phenoxy) is 2. The fourth-order valence-corrected chi connectivity index (χ4v) is 10.1. The zero-order valence-corrected chi connectivity index (χ0v) is 32.8. The molecule has 6 atom stereocenters. The smallest absolute Gasteiger partial charge is 0.418 e. The first-order valence-electron chi connectivity index (χ1n) is 20.3. The van der Waals surface area contributed by atoms with Crippen molar-refractivity contribution in [2.45, 2.75) is 81.6 Å². The van der Waals surface area contributed by atoms with Gasteiger partial charge in [0.25, 0.3) is 0 Å². The van der Waals surface area contributed by atoms with Gasteiger partial charge in [0.1, 0.15) is 43.5 Å². The Morgan fingerprint density at radius 3 is 2.17 bits per heavy atom. The molecule has 6 heterocycles. The number of carbonyl (C=O) groups is 6. The summed E-state index contributed by atoms with van der Waals surface area (Å²) < 4.78 is 13.2. The Balaban J connectivity index is 1.10. The van der Waals surface area contributed by atoms with Crippen molar-refractivity contribution in [1.82, 2.24) is 25.0 Å². The second-order valence-electron chi connectivity index (χ2n) is 16.2. The summed E-state index contributed by atoms with van der Waals surface area (Å²) in [6, 6.07) is 28.5. The quantitative estimate of drug-likeness (QED) is 0.239. The lowest BCUT2D eigenvalue weighted by Gasteiger charge is -2.40. The third-order valence-corrected chi connectivity index (χ3v) is 12.8. The topological polar surface area (TPSA) is 160 Å². The molecular formula is C46H42N6O8. The highest BCUT2D eigenvalue weighted by Gasteiger charge is 2.67. The molecule has 14 nitrogen and oxygen atoms in total. The molecule has 14 heteroatoms. The van der Waals surface area contributed by atoms with Crippen LogP contribution < -0.4 is 15.5 Å². The van der Waals surface area contributed by atoms with E-state index in [0.29, 0.717) is 46.2 Å². The highest BCUT2D eigenvalue weighted by Crippen LogP contribution is 2.58. The number of piperazine rings is 2. The fourth-order valence-electron chi connectivity index (χ4n) is 10.1. The SMILES string of the molecule is C[C@@H]1NC(=O)[C@@H]2C[C@]3(c4ccc5c(C[C@@H]6NC(=O)[C@@H]7CCCN7C6=O)cn(C(=O)OCc6ccccc6)c5c4)c4ccccc4N(C(=O)OCc4ccccc4)[C@@H]3N2C1=O. The number of fused-ring (bicyclic) bond motifs is 7. The van der Waals surface area contributed by atoms with E-state index in [2.05, 4.69) is 10.6 Å². The van der Waals surface area contributed by atoms with Crippen LogP contribution in [0.1, 0.15) is 54.0 Å². The molecule has 5 aliphatic heterocycles. The van der Waals surface area contributed by atoms with Crippen LogP contribution in [0.2, 0.25) is 0 Å². The molecular weight excluding hydrogens is 765 g/mol. The van der Waals surface area contributed by atoms with Gasteiger partial charge in [-0.1, -0.05) is 91.0 Å². The minimum absolute atomic E-state index is 0.00732. The molecule has 0 radical (unpaired) electrons. The van der Waals surface area contributed by atoms with Crippen molar-refractivity contribution >= 4 is 52.4 Å². The van der Waals surface area contributed by atoms with Crippen molar-refractivity contribution < 1.29 is 38.2 Å². The molecule has 5 amide bonds. The Morgan fingerprint density at radius 1 is 0.767 bits per heavy atom. The van der Waals surface area contributed by atoms with E-state index in [4.69, 9.17) is 9.47 Å². The van der Waals surface area contributed by atoms with Gasteiger partial charge in [0.05, 0.1) is 16.6 Å². The summed E-state index contributed by atoms with van der Waals surface area (Å²) in [7, 11) is 0. The number of hydrogen-bond donors (Lipinski definition) is 2. The van der Waals surface area contributed by atoms with Gasteiger partial charge in [0, 0.05) is 24.5 Å². The van der Waals surface area contributed by atoms with Crippen LogP contribution in [0.3, 0.4) is 0 Å². The van der Waals surface area contributed by atoms with E-state index >= 15 is 0 Å². The van der Waals surface area contributed by atoms with Gasteiger partial charge in [-0.25, -0.2) is 9.59 Å². The molecule has 304 valence electrons. The van der Waals surface area contributed by atoms with Crippen LogP contribution >= 0.6 is 0 Å². The Bertz CT molecular complexity index is 2600. The van der Waals surface area contributed by atoms with Gasteiger partial charge in [-0.3, -0.25) is 28.6 Å². The summed E-state index contributed by atoms with van der Waals surface area (Å²) in [5.41, 5.74) is 3.43. The summed E-state index contributed by atoms with van der Waals surface area (Å²) in [6.45, 7) is 2.14. The van der Waals surface area contributed by atoms with E-state index < -0.39 is 47.9 Å². The first kappa shape index (κ1) is 37.3.